The van der Waals surface area contributed by atoms with Gasteiger partial charge >= 0.3 is 12.1 Å². The van der Waals surface area contributed by atoms with Crippen molar-refractivity contribution in [3.8, 4) is 0 Å². The zero-order valence-corrected chi connectivity index (χ0v) is 8.25. The highest BCUT2D eigenvalue weighted by molar-refractivity contribution is 5.74. The normalized spacial score (nSPS) is 13.6. The number of hydrogen-bond donors (Lipinski definition) is 2. The van der Waals surface area contributed by atoms with Crippen LogP contribution in [-0.4, -0.2) is 16.2 Å². The molecule has 1 rings (SSSR count). The van der Waals surface area contributed by atoms with E-state index in [4.69, 9.17) is 5.11 Å². The third-order valence-electron chi connectivity index (χ3n) is 2.21. The van der Waals surface area contributed by atoms with Gasteiger partial charge in [0.15, 0.2) is 6.10 Å². The molecule has 0 aliphatic carbocycles. The Balaban J connectivity index is 3.30. The number of hydrogen-bond acceptors (Lipinski definition) is 2. The molecule has 1 atom stereocenters. The van der Waals surface area contributed by atoms with Crippen LogP contribution in [0.3, 0.4) is 0 Å². The van der Waals surface area contributed by atoms with Crippen molar-refractivity contribution in [2.75, 3.05) is 0 Å². The molecule has 1 aromatic carbocycles. The van der Waals surface area contributed by atoms with E-state index in [-0.39, 0.29) is 11.1 Å². The first kappa shape index (κ1) is 12.5. The summed E-state index contributed by atoms with van der Waals surface area (Å²) >= 11 is 0. The monoisotopic (exact) mass is 234 g/mol. The lowest BCUT2D eigenvalue weighted by Gasteiger charge is -2.15. The highest BCUT2D eigenvalue weighted by atomic mass is 19.4. The summed E-state index contributed by atoms with van der Waals surface area (Å²) in [5.74, 6) is -1.58. The van der Waals surface area contributed by atoms with Crippen molar-refractivity contribution in [3.05, 3.63) is 34.9 Å². The number of carboxylic acid groups (broad SMARTS) is 1. The zero-order valence-electron chi connectivity index (χ0n) is 8.25. The smallest absolute Gasteiger partial charge is 0.416 e. The van der Waals surface area contributed by atoms with E-state index in [9.17, 15) is 23.1 Å². The first-order valence-electron chi connectivity index (χ1n) is 4.32. The fraction of sp³-hybridized carbons (Fsp3) is 0.300. The van der Waals surface area contributed by atoms with Crippen molar-refractivity contribution in [2.24, 2.45) is 0 Å². The first-order valence-corrected chi connectivity index (χ1v) is 4.32. The SMILES string of the molecule is Cc1c(C(O)C(=O)O)cccc1C(F)(F)F. The zero-order chi connectivity index (χ0) is 12.5. The molecule has 0 spiro atoms. The van der Waals surface area contributed by atoms with Crippen LogP contribution in [0.1, 0.15) is 22.8 Å². The maximum absolute atomic E-state index is 12.5. The summed E-state index contributed by atoms with van der Waals surface area (Å²) in [6.07, 6.45) is -6.50. The van der Waals surface area contributed by atoms with Crippen molar-refractivity contribution < 1.29 is 28.2 Å². The minimum Gasteiger partial charge on any atom is -0.479 e. The topological polar surface area (TPSA) is 57.5 Å². The van der Waals surface area contributed by atoms with Crippen LogP contribution in [-0.2, 0) is 11.0 Å². The van der Waals surface area contributed by atoms with Gasteiger partial charge in [-0.2, -0.15) is 13.2 Å². The molecule has 1 aromatic rings. The van der Waals surface area contributed by atoms with Crippen molar-refractivity contribution in [1.29, 1.82) is 0 Å². The molecule has 0 aliphatic rings. The van der Waals surface area contributed by atoms with Crippen LogP contribution in [0.2, 0.25) is 0 Å². The van der Waals surface area contributed by atoms with Gasteiger partial charge in [-0.1, -0.05) is 12.1 Å². The van der Waals surface area contributed by atoms with E-state index in [1.54, 1.807) is 0 Å². The van der Waals surface area contributed by atoms with Gasteiger partial charge in [0.2, 0.25) is 0 Å². The largest absolute Gasteiger partial charge is 0.479 e. The highest BCUT2D eigenvalue weighted by Gasteiger charge is 2.34. The Labute approximate surface area is 89.1 Å². The van der Waals surface area contributed by atoms with Crippen LogP contribution >= 0.6 is 0 Å². The Morgan fingerprint density at radius 1 is 1.38 bits per heavy atom. The van der Waals surface area contributed by atoms with Crippen LogP contribution in [0.15, 0.2) is 18.2 Å². The molecule has 16 heavy (non-hydrogen) atoms. The van der Waals surface area contributed by atoms with E-state index in [2.05, 4.69) is 0 Å². The molecule has 0 saturated heterocycles. The van der Waals surface area contributed by atoms with Crippen LogP contribution in [0.25, 0.3) is 0 Å². The van der Waals surface area contributed by atoms with Crippen molar-refractivity contribution in [3.63, 3.8) is 0 Å². The molecule has 3 nitrogen and oxygen atoms in total. The quantitative estimate of drug-likeness (QED) is 0.824. The second-order valence-electron chi connectivity index (χ2n) is 3.26. The fourth-order valence-electron chi connectivity index (χ4n) is 1.39. The number of carbonyl (C=O) groups is 1. The van der Waals surface area contributed by atoms with E-state index >= 15 is 0 Å². The van der Waals surface area contributed by atoms with E-state index in [1.165, 1.54) is 0 Å². The molecule has 2 N–H and O–H groups in total. The Morgan fingerprint density at radius 2 is 1.94 bits per heavy atom. The standard InChI is InChI=1S/C10H9F3O3/c1-5-6(8(14)9(15)16)3-2-4-7(5)10(11,12)13/h2-4,8,14H,1H3,(H,15,16). The lowest BCUT2D eigenvalue weighted by Crippen LogP contribution is -2.15. The molecule has 0 heterocycles. The van der Waals surface area contributed by atoms with Gasteiger partial charge in [-0.15, -0.1) is 0 Å². The predicted molar refractivity (Wildman–Crippen MR) is 48.8 cm³/mol. The molecular weight excluding hydrogens is 225 g/mol. The first-order chi connectivity index (χ1) is 7.25. The number of aliphatic carboxylic acids is 1. The Kier molecular flexibility index (Phi) is 3.23. The number of aliphatic hydroxyl groups is 1. The van der Waals surface area contributed by atoms with Gasteiger partial charge in [0.1, 0.15) is 0 Å². The average molecular weight is 234 g/mol. The third kappa shape index (κ3) is 2.33. The van der Waals surface area contributed by atoms with Crippen LogP contribution < -0.4 is 0 Å². The van der Waals surface area contributed by atoms with E-state index in [1.807, 2.05) is 0 Å². The minimum absolute atomic E-state index is 0.248. The maximum atomic E-state index is 12.5. The maximum Gasteiger partial charge on any atom is 0.416 e. The van der Waals surface area contributed by atoms with Gasteiger partial charge in [-0.3, -0.25) is 0 Å². The lowest BCUT2D eigenvalue weighted by atomic mass is 9.98. The minimum atomic E-state index is -4.56. The number of halogens is 3. The van der Waals surface area contributed by atoms with Crippen LogP contribution in [0, 0.1) is 6.92 Å². The predicted octanol–water partition coefficient (Wildman–Crippen LogP) is 2.13. The van der Waals surface area contributed by atoms with Crippen molar-refractivity contribution >= 4 is 5.97 Å². The molecule has 0 aromatic heterocycles. The summed E-state index contributed by atoms with van der Waals surface area (Å²) in [4.78, 5) is 10.5. The number of benzene rings is 1. The van der Waals surface area contributed by atoms with Gasteiger partial charge in [0.05, 0.1) is 5.56 Å². The van der Waals surface area contributed by atoms with Gasteiger partial charge < -0.3 is 10.2 Å². The van der Waals surface area contributed by atoms with E-state index in [0.717, 1.165) is 25.1 Å². The van der Waals surface area contributed by atoms with Gasteiger partial charge in [-0.25, -0.2) is 4.79 Å². The molecule has 6 heteroatoms. The molecule has 0 aliphatic heterocycles. The summed E-state index contributed by atoms with van der Waals surface area (Å²) in [6, 6.07) is 3.06. The third-order valence-corrected chi connectivity index (χ3v) is 2.21. The molecule has 0 radical (unpaired) electrons. The lowest BCUT2D eigenvalue weighted by molar-refractivity contribution is -0.147. The highest BCUT2D eigenvalue weighted by Crippen LogP contribution is 2.34. The van der Waals surface area contributed by atoms with Gasteiger partial charge in [0.25, 0.3) is 0 Å². The second-order valence-corrected chi connectivity index (χ2v) is 3.26. The van der Waals surface area contributed by atoms with Crippen molar-refractivity contribution in [1.82, 2.24) is 0 Å². The van der Waals surface area contributed by atoms with Gasteiger partial charge in [-0.05, 0) is 24.1 Å². The van der Waals surface area contributed by atoms with Gasteiger partial charge in [0, 0.05) is 0 Å². The van der Waals surface area contributed by atoms with Crippen molar-refractivity contribution in [2.45, 2.75) is 19.2 Å². The summed E-state index contributed by atoms with van der Waals surface area (Å²) in [7, 11) is 0. The molecular formula is C10H9F3O3. The summed E-state index contributed by atoms with van der Waals surface area (Å²) in [5.41, 5.74) is -1.46. The Bertz CT molecular complexity index is 412. The fourth-order valence-corrected chi connectivity index (χ4v) is 1.39. The summed E-state index contributed by atoms with van der Waals surface area (Å²) in [5, 5.41) is 17.7. The van der Waals surface area contributed by atoms with Crippen LogP contribution in [0.5, 0.6) is 0 Å². The summed E-state index contributed by atoms with van der Waals surface area (Å²) < 4.78 is 37.4. The van der Waals surface area contributed by atoms with E-state index in [0.29, 0.717) is 0 Å². The number of rotatable bonds is 2. The number of carboxylic acids is 1. The molecule has 0 amide bonds. The molecule has 88 valence electrons. The summed E-state index contributed by atoms with van der Waals surface area (Å²) in [6.45, 7) is 1.13. The van der Waals surface area contributed by atoms with Crippen LogP contribution in [0.4, 0.5) is 13.2 Å². The molecule has 0 saturated carbocycles. The molecule has 0 bridgehead atoms. The Morgan fingerprint density at radius 3 is 2.38 bits per heavy atom. The Hall–Kier alpha value is -1.56. The number of alkyl halides is 3. The average Bonchev–Trinajstić information content (AvgIpc) is 2.15. The molecule has 1 unspecified atom stereocenters. The second kappa shape index (κ2) is 4.13. The van der Waals surface area contributed by atoms with E-state index < -0.39 is 23.8 Å². The number of aliphatic hydroxyl groups excluding tert-OH is 1. The molecule has 0 fully saturated rings.